The third-order valence-electron chi connectivity index (χ3n) is 4.14. The SMILES string of the molecule is CCC1CCCC(C(O)c2c(F)cccc2Cl)C1. The zero-order chi connectivity index (χ0) is 13.1. The normalized spacial score (nSPS) is 26.0. The number of rotatable bonds is 3. The summed E-state index contributed by atoms with van der Waals surface area (Å²) >= 11 is 6.01. The highest BCUT2D eigenvalue weighted by atomic mass is 35.5. The molecule has 1 saturated carbocycles. The molecule has 0 saturated heterocycles. The number of hydrogen-bond acceptors (Lipinski definition) is 1. The monoisotopic (exact) mass is 270 g/mol. The Morgan fingerprint density at radius 2 is 2.22 bits per heavy atom. The first-order valence-electron chi connectivity index (χ1n) is 6.75. The van der Waals surface area contributed by atoms with Crippen molar-refractivity contribution in [3.8, 4) is 0 Å². The molecule has 0 radical (unpaired) electrons. The molecule has 3 heteroatoms. The molecule has 0 heterocycles. The van der Waals surface area contributed by atoms with Gasteiger partial charge >= 0.3 is 0 Å². The van der Waals surface area contributed by atoms with Crippen LogP contribution >= 0.6 is 11.6 Å². The highest BCUT2D eigenvalue weighted by molar-refractivity contribution is 6.31. The Morgan fingerprint density at radius 3 is 2.89 bits per heavy atom. The van der Waals surface area contributed by atoms with Crippen molar-refractivity contribution in [1.29, 1.82) is 0 Å². The summed E-state index contributed by atoms with van der Waals surface area (Å²) in [6.07, 6.45) is 4.64. The minimum atomic E-state index is -0.770. The molecule has 1 fully saturated rings. The molecule has 3 atom stereocenters. The molecule has 2 rings (SSSR count). The van der Waals surface area contributed by atoms with E-state index in [4.69, 9.17) is 11.6 Å². The topological polar surface area (TPSA) is 20.2 Å². The molecule has 1 aromatic rings. The fourth-order valence-electron chi connectivity index (χ4n) is 3.02. The molecule has 0 spiro atoms. The van der Waals surface area contributed by atoms with Crippen LogP contribution in [0.1, 0.15) is 50.7 Å². The van der Waals surface area contributed by atoms with Gasteiger partial charge in [0, 0.05) is 10.6 Å². The Labute approximate surface area is 113 Å². The predicted molar refractivity (Wildman–Crippen MR) is 72.1 cm³/mol. The summed E-state index contributed by atoms with van der Waals surface area (Å²) in [4.78, 5) is 0. The van der Waals surface area contributed by atoms with E-state index in [1.54, 1.807) is 12.1 Å². The number of benzene rings is 1. The van der Waals surface area contributed by atoms with Crippen molar-refractivity contribution in [2.24, 2.45) is 11.8 Å². The van der Waals surface area contributed by atoms with Gasteiger partial charge in [-0.3, -0.25) is 0 Å². The Bertz CT molecular complexity index is 387. The molecule has 1 nitrogen and oxygen atoms in total. The Morgan fingerprint density at radius 1 is 1.44 bits per heavy atom. The molecule has 100 valence electrons. The first kappa shape index (κ1) is 13.8. The molecule has 1 aliphatic rings. The Hall–Kier alpha value is -0.600. The average Bonchev–Trinajstić information content (AvgIpc) is 2.38. The van der Waals surface area contributed by atoms with Gasteiger partial charge in [0.05, 0.1) is 6.10 Å². The molecule has 1 N–H and O–H groups in total. The largest absolute Gasteiger partial charge is 0.388 e. The van der Waals surface area contributed by atoms with E-state index >= 15 is 0 Å². The number of hydrogen-bond donors (Lipinski definition) is 1. The fourth-order valence-corrected chi connectivity index (χ4v) is 3.29. The molecule has 3 unspecified atom stereocenters. The predicted octanol–water partition coefficient (Wildman–Crippen LogP) is 4.73. The minimum absolute atomic E-state index is 0.137. The molecule has 1 aliphatic carbocycles. The van der Waals surface area contributed by atoms with Crippen molar-refractivity contribution in [2.45, 2.75) is 45.1 Å². The van der Waals surface area contributed by atoms with Crippen molar-refractivity contribution < 1.29 is 9.50 Å². The second-order valence-electron chi connectivity index (χ2n) is 5.28. The van der Waals surface area contributed by atoms with Gasteiger partial charge < -0.3 is 5.11 Å². The van der Waals surface area contributed by atoms with Crippen LogP contribution in [0.5, 0.6) is 0 Å². The van der Waals surface area contributed by atoms with Gasteiger partial charge in [-0.1, -0.05) is 43.9 Å². The van der Waals surface area contributed by atoms with Gasteiger partial charge in [0.25, 0.3) is 0 Å². The maximum absolute atomic E-state index is 13.8. The van der Waals surface area contributed by atoms with Crippen LogP contribution in [0.4, 0.5) is 4.39 Å². The molecule has 0 aromatic heterocycles. The van der Waals surface area contributed by atoms with Crippen molar-refractivity contribution in [3.63, 3.8) is 0 Å². The van der Waals surface area contributed by atoms with Gasteiger partial charge in [-0.05, 0) is 36.8 Å². The summed E-state index contributed by atoms with van der Waals surface area (Å²) in [7, 11) is 0. The summed E-state index contributed by atoms with van der Waals surface area (Å²) in [5.74, 6) is 0.399. The van der Waals surface area contributed by atoms with Crippen LogP contribution in [0.15, 0.2) is 18.2 Å². The van der Waals surface area contributed by atoms with Crippen LogP contribution in [0, 0.1) is 17.7 Å². The molecule has 1 aromatic carbocycles. The smallest absolute Gasteiger partial charge is 0.130 e. The van der Waals surface area contributed by atoms with E-state index in [1.807, 2.05) is 0 Å². The zero-order valence-electron chi connectivity index (χ0n) is 10.7. The average molecular weight is 271 g/mol. The van der Waals surface area contributed by atoms with E-state index in [0.717, 1.165) is 25.7 Å². The summed E-state index contributed by atoms with van der Waals surface area (Å²) in [5.41, 5.74) is 0.279. The molecular formula is C15H20ClFO. The quantitative estimate of drug-likeness (QED) is 0.842. The highest BCUT2D eigenvalue weighted by Crippen LogP contribution is 2.40. The van der Waals surface area contributed by atoms with Crippen molar-refractivity contribution in [1.82, 2.24) is 0 Å². The van der Waals surface area contributed by atoms with E-state index < -0.39 is 11.9 Å². The van der Waals surface area contributed by atoms with E-state index in [9.17, 15) is 9.50 Å². The fraction of sp³-hybridized carbons (Fsp3) is 0.600. The second kappa shape index (κ2) is 6.03. The molecule has 0 aliphatic heterocycles. The number of aliphatic hydroxyl groups excluding tert-OH is 1. The maximum atomic E-state index is 13.8. The van der Waals surface area contributed by atoms with E-state index in [2.05, 4.69) is 6.92 Å². The lowest BCUT2D eigenvalue weighted by molar-refractivity contribution is 0.0651. The van der Waals surface area contributed by atoms with Crippen LogP contribution < -0.4 is 0 Å². The first-order chi connectivity index (χ1) is 8.63. The van der Waals surface area contributed by atoms with Crippen molar-refractivity contribution >= 4 is 11.6 Å². The van der Waals surface area contributed by atoms with Crippen LogP contribution in [0.2, 0.25) is 5.02 Å². The zero-order valence-corrected chi connectivity index (χ0v) is 11.5. The minimum Gasteiger partial charge on any atom is -0.388 e. The van der Waals surface area contributed by atoms with Gasteiger partial charge in [0.15, 0.2) is 0 Å². The maximum Gasteiger partial charge on any atom is 0.130 e. The van der Waals surface area contributed by atoms with Crippen LogP contribution in [0.25, 0.3) is 0 Å². The van der Waals surface area contributed by atoms with Gasteiger partial charge in [0.2, 0.25) is 0 Å². The molecule has 18 heavy (non-hydrogen) atoms. The standard InChI is InChI=1S/C15H20ClFO/c1-2-10-5-3-6-11(9-10)15(18)14-12(16)7-4-8-13(14)17/h4,7-8,10-11,15,18H,2-3,5-6,9H2,1H3. The van der Waals surface area contributed by atoms with Crippen molar-refractivity contribution in [3.05, 3.63) is 34.6 Å². The lowest BCUT2D eigenvalue weighted by Crippen LogP contribution is -2.22. The Kier molecular flexibility index (Phi) is 4.63. The van der Waals surface area contributed by atoms with Crippen LogP contribution in [0.3, 0.4) is 0 Å². The summed E-state index contributed by atoms with van der Waals surface area (Å²) in [6.45, 7) is 2.18. The molecule has 0 bridgehead atoms. The van der Waals surface area contributed by atoms with Gasteiger partial charge in [0.1, 0.15) is 5.82 Å². The van der Waals surface area contributed by atoms with Crippen molar-refractivity contribution in [2.75, 3.05) is 0 Å². The highest BCUT2D eigenvalue weighted by Gasteiger charge is 2.30. The first-order valence-corrected chi connectivity index (χ1v) is 7.13. The third-order valence-corrected chi connectivity index (χ3v) is 4.47. The van der Waals surface area contributed by atoms with E-state index in [1.165, 1.54) is 12.5 Å². The molecular weight excluding hydrogens is 251 g/mol. The van der Waals surface area contributed by atoms with E-state index in [0.29, 0.717) is 10.9 Å². The van der Waals surface area contributed by atoms with Crippen LogP contribution in [-0.2, 0) is 0 Å². The van der Waals surface area contributed by atoms with Gasteiger partial charge in [-0.25, -0.2) is 4.39 Å². The number of halogens is 2. The van der Waals surface area contributed by atoms with Gasteiger partial charge in [-0.15, -0.1) is 0 Å². The lowest BCUT2D eigenvalue weighted by Gasteiger charge is -2.32. The second-order valence-corrected chi connectivity index (χ2v) is 5.69. The number of aliphatic hydroxyl groups is 1. The lowest BCUT2D eigenvalue weighted by atomic mass is 9.76. The molecule has 0 amide bonds. The Balaban J connectivity index is 2.17. The van der Waals surface area contributed by atoms with E-state index in [-0.39, 0.29) is 11.5 Å². The summed E-state index contributed by atoms with van der Waals surface area (Å²) in [6, 6.07) is 4.58. The summed E-state index contributed by atoms with van der Waals surface area (Å²) < 4.78 is 13.8. The van der Waals surface area contributed by atoms with Gasteiger partial charge in [-0.2, -0.15) is 0 Å². The summed E-state index contributed by atoms with van der Waals surface area (Å²) in [5, 5.41) is 10.7. The van der Waals surface area contributed by atoms with Crippen LogP contribution in [-0.4, -0.2) is 5.11 Å². The third kappa shape index (κ3) is 2.86.